The van der Waals surface area contributed by atoms with Gasteiger partial charge in [-0.15, -0.1) is 0 Å². The van der Waals surface area contributed by atoms with Crippen LogP contribution < -0.4 is 0 Å². The monoisotopic (exact) mass is 308 g/mol. The van der Waals surface area contributed by atoms with Gasteiger partial charge in [-0.05, 0) is 43.4 Å². The van der Waals surface area contributed by atoms with E-state index >= 15 is 0 Å². The Hall–Kier alpha value is -0.670. The molecule has 1 heterocycles. The van der Waals surface area contributed by atoms with Gasteiger partial charge in [-0.3, -0.25) is 4.79 Å². The van der Waals surface area contributed by atoms with Crippen molar-refractivity contribution >= 4 is 21.7 Å². The lowest BCUT2D eigenvalue weighted by Crippen LogP contribution is -2.34. The Morgan fingerprint density at radius 1 is 1.22 bits per heavy atom. The van der Waals surface area contributed by atoms with E-state index in [9.17, 15) is 4.79 Å². The molecular weight excluding hydrogens is 292 g/mol. The molecule has 2 fully saturated rings. The first-order valence-corrected chi connectivity index (χ1v) is 7.39. The zero-order chi connectivity index (χ0) is 12.6. The van der Waals surface area contributed by atoms with Gasteiger partial charge in [0.15, 0.2) is 0 Å². The standard InChI is InChI=1S/C15H17BrO2/c16-12-5-3-11(4-6-12)13-10-15(8-9-18-13)7-1-2-14(15)17/h3-6,13H,1-2,7-10H2/t13-,15-/m0/s1. The molecule has 0 amide bonds. The second-order valence-corrected chi connectivity index (χ2v) is 6.34. The van der Waals surface area contributed by atoms with Crippen molar-refractivity contribution in [3.05, 3.63) is 34.3 Å². The average molecular weight is 309 g/mol. The number of rotatable bonds is 1. The average Bonchev–Trinajstić information content (AvgIpc) is 2.72. The Balaban J connectivity index is 1.82. The van der Waals surface area contributed by atoms with Crippen molar-refractivity contribution in [3.8, 4) is 0 Å². The molecule has 1 aliphatic carbocycles. The van der Waals surface area contributed by atoms with Crippen LogP contribution in [-0.4, -0.2) is 12.4 Å². The fourth-order valence-corrected chi connectivity index (χ4v) is 3.54. The van der Waals surface area contributed by atoms with Crippen LogP contribution in [0.5, 0.6) is 0 Å². The molecule has 0 unspecified atom stereocenters. The molecule has 0 bridgehead atoms. The van der Waals surface area contributed by atoms with Gasteiger partial charge in [0.25, 0.3) is 0 Å². The summed E-state index contributed by atoms with van der Waals surface area (Å²) in [6, 6.07) is 8.26. The summed E-state index contributed by atoms with van der Waals surface area (Å²) >= 11 is 3.44. The summed E-state index contributed by atoms with van der Waals surface area (Å²) in [7, 11) is 0. The van der Waals surface area contributed by atoms with Crippen molar-refractivity contribution in [1.82, 2.24) is 0 Å². The maximum atomic E-state index is 12.1. The molecule has 0 radical (unpaired) electrons. The van der Waals surface area contributed by atoms with E-state index in [-0.39, 0.29) is 11.5 Å². The topological polar surface area (TPSA) is 26.3 Å². The molecule has 1 spiro atoms. The van der Waals surface area contributed by atoms with Gasteiger partial charge in [0.2, 0.25) is 0 Å². The lowest BCUT2D eigenvalue weighted by Gasteiger charge is -2.37. The third kappa shape index (κ3) is 2.14. The first-order valence-electron chi connectivity index (χ1n) is 6.60. The molecule has 2 atom stereocenters. The Morgan fingerprint density at radius 3 is 2.67 bits per heavy atom. The van der Waals surface area contributed by atoms with E-state index in [1.165, 1.54) is 5.56 Å². The molecule has 1 aromatic carbocycles. The minimum atomic E-state index is -0.0734. The highest BCUT2D eigenvalue weighted by molar-refractivity contribution is 9.10. The summed E-state index contributed by atoms with van der Waals surface area (Å²) in [6.45, 7) is 0.715. The molecule has 1 saturated carbocycles. The van der Waals surface area contributed by atoms with Crippen LogP contribution in [-0.2, 0) is 9.53 Å². The van der Waals surface area contributed by atoms with E-state index in [1.807, 2.05) is 12.1 Å². The van der Waals surface area contributed by atoms with E-state index in [4.69, 9.17) is 4.74 Å². The molecule has 1 aliphatic heterocycles. The van der Waals surface area contributed by atoms with Gasteiger partial charge in [-0.2, -0.15) is 0 Å². The fourth-order valence-electron chi connectivity index (χ4n) is 3.28. The summed E-state index contributed by atoms with van der Waals surface area (Å²) in [5, 5.41) is 0. The van der Waals surface area contributed by atoms with Crippen LogP contribution >= 0.6 is 15.9 Å². The van der Waals surface area contributed by atoms with Gasteiger partial charge < -0.3 is 4.74 Å². The molecule has 18 heavy (non-hydrogen) atoms. The van der Waals surface area contributed by atoms with Crippen LogP contribution in [0.15, 0.2) is 28.7 Å². The smallest absolute Gasteiger partial charge is 0.139 e. The van der Waals surface area contributed by atoms with Gasteiger partial charge in [0.05, 0.1) is 6.10 Å². The molecule has 1 saturated heterocycles. The first-order chi connectivity index (χ1) is 8.70. The Labute approximate surface area is 116 Å². The predicted molar refractivity (Wildman–Crippen MR) is 73.4 cm³/mol. The molecule has 2 aliphatic rings. The van der Waals surface area contributed by atoms with Crippen LogP contribution in [0.3, 0.4) is 0 Å². The number of benzene rings is 1. The van der Waals surface area contributed by atoms with E-state index in [1.54, 1.807) is 0 Å². The zero-order valence-electron chi connectivity index (χ0n) is 10.3. The van der Waals surface area contributed by atoms with Crippen LogP contribution in [0.1, 0.15) is 43.8 Å². The maximum absolute atomic E-state index is 12.1. The highest BCUT2D eigenvalue weighted by Crippen LogP contribution is 2.48. The number of hydrogen-bond donors (Lipinski definition) is 0. The number of halogens is 1. The van der Waals surface area contributed by atoms with Gasteiger partial charge in [0, 0.05) is 22.9 Å². The molecule has 0 N–H and O–H groups in total. The number of ketones is 1. The predicted octanol–water partition coefficient (Wildman–Crippen LogP) is 4.04. The van der Waals surface area contributed by atoms with Crippen molar-refractivity contribution in [3.63, 3.8) is 0 Å². The number of ether oxygens (including phenoxy) is 1. The van der Waals surface area contributed by atoms with Gasteiger partial charge in [-0.25, -0.2) is 0 Å². The summed E-state index contributed by atoms with van der Waals surface area (Å²) in [6.07, 6.45) is 4.77. The molecule has 2 nitrogen and oxygen atoms in total. The lowest BCUT2D eigenvalue weighted by atomic mass is 9.74. The molecule has 3 rings (SSSR count). The van der Waals surface area contributed by atoms with Crippen molar-refractivity contribution in [1.29, 1.82) is 0 Å². The molecule has 3 heteroatoms. The molecule has 96 valence electrons. The van der Waals surface area contributed by atoms with E-state index in [0.717, 1.165) is 36.6 Å². The van der Waals surface area contributed by atoms with Crippen LogP contribution in [0.25, 0.3) is 0 Å². The van der Waals surface area contributed by atoms with E-state index in [0.29, 0.717) is 12.4 Å². The van der Waals surface area contributed by atoms with Gasteiger partial charge in [0.1, 0.15) is 5.78 Å². The van der Waals surface area contributed by atoms with Crippen LogP contribution in [0, 0.1) is 5.41 Å². The van der Waals surface area contributed by atoms with E-state index in [2.05, 4.69) is 28.1 Å². The van der Waals surface area contributed by atoms with Gasteiger partial charge >= 0.3 is 0 Å². The summed E-state index contributed by atoms with van der Waals surface area (Å²) in [4.78, 5) is 12.1. The summed E-state index contributed by atoms with van der Waals surface area (Å²) in [5.41, 5.74) is 1.12. The van der Waals surface area contributed by atoms with E-state index < -0.39 is 0 Å². The SMILES string of the molecule is O=C1CCC[C@@]12CCO[C@H](c1ccc(Br)cc1)C2. The molecular formula is C15H17BrO2. The summed E-state index contributed by atoms with van der Waals surface area (Å²) < 4.78 is 6.95. The van der Waals surface area contributed by atoms with Gasteiger partial charge in [-0.1, -0.05) is 28.1 Å². The Kier molecular flexibility index (Phi) is 3.29. The number of Topliss-reactive ketones (excluding diaryl/α,β-unsaturated/α-hetero) is 1. The second kappa shape index (κ2) is 4.78. The first kappa shape index (κ1) is 12.4. The highest BCUT2D eigenvalue weighted by Gasteiger charge is 2.45. The molecule has 1 aromatic rings. The normalized spacial score (nSPS) is 32.1. The van der Waals surface area contributed by atoms with Crippen molar-refractivity contribution < 1.29 is 9.53 Å². The lowest BCUT2D eigenvalue weighted by molar-refractivity contribution is -0.134. The van der Waals surface area contributed by atoms with Crippen LogP contribution in [0.2, 0.25) is 0 Å². The van der Waals surface area contributed by atoms with Crippen molar-refractivity contribution in [2.75, 3.05) is 6.61 Å². The Morgan fingerprint density at radius 2 is 2.00 bits per heavy atom. The van der Waals surface area contributed by atoms with Crippen molar-refractivity contribution in [2.24, 2.45) is 5.41 Å². The summed E-state index contributed by atoms with van der Waals surface area (Å²) in [5.74, 6) is 0.466. The number of carbonyl (C=O) groups excluding carboxylic acids is 1. The maximum Gasteiger partial charge on any atom is 0.139 e. The number of carbonyl (C=O) groups is 1. The molecule has 0 aromatic heterocycles. The quantitative estimate of drug-likeness (QED) is 0.782. The van der Waals surface area contributed by atoms with Crippen LogP contribution in [0.4, 0.5) is 0 Å². The zero-order valence-corrected chi connectivity index (χ0v) is 11.9. The third-order valence-corrected chi connectivity index (χ3v) is 4.90. The second-order valence-electron chi connectivity index (χ2n) is 5.42. The van der Waals surface area contributed by atoms with Crippen molar-refractivity contribution in [2.45, 2.75) is 38.2 Å². The Bertz CT molecular complexity index is 454. The minimum absolute atomic E-state index is 0.0734. The highest BCUT2D eigenvalue weighted by atomic mass is 79.9. The fraction of sp³-hybridized carbons (Fsp3) is 0.533. The largest absolute Gasteiger partial charge is 0.373 e. The number of hydrogen-bond acceptors (Lipinski definition) is 2. The third-order valence-electron chi connectivity index (χ3n) is 4.37. The minimum Gasteiger partial charge on any atom is -0.373 e.